The van der Waals surface area contributed by atoms with Gasteiger partial charge in [0.1, 0.15) is 5.75 Å². The predicted molar refractivity (Wildman–Crippen MR) is 92.1 cm³/mol. The molecular weight excluding hydrogens is 324 g/mol. The van der Waals surface area contributed by atoms with Gasteiger partial charge in [0.05, 0.1) is 26.2 Å². The van der Waals surface area contributed by atoms with E-state index >= 15 is 0 Å². The summed E-state index contributed by atoms with van der Waals surface area (Å²) >= 11 is 1.53. The summed E-state index contributed by atoms with van der Waals surface area (Å²) in [6.45, 7) is 0.449. The van der Waals surface area contributed by atoms with Gasteiger partial charge in [-0.3, -0.25) is 4.79 Å². The van der Waals surface area contributed by atoms with E-state index in [2.05, 4.69) is 6.07 Å². The summed E-state index contributed by atoms with van der Waals surface area (Å²) in [5, 5.41) is 12.0. The Balaban J connectivity index is 2.05. The van der Waals surface area contributed by atoms with Crippen LogP contribution in [0.5, 0.6) is 5.75 Å². The third kappa shape index (κ3) is 2.61. The summed E-state index contributed by atoms with van der Waals surface area (Å²) in [6, 6.07) is 13.9. The largest absolute Gasteiger partial charge is 0.497 e. The number of thiophene rings is 1. The Bertz CT molecular complexity index is 752. The first kappa shape index (κ1) is 16.3. The molecule has 5 nitrogen and oxygen atoms in total. The molecule has 0 amide bonds. The maximum Gasteiger partial charge on any atom is 0.310 e. The molecule has 1 fully saturated rings. The minimum absolute atomic E-state index is 0.276. The van der Waals surface area contributed by atoms with Crippen molar-refractivity contribution in [1.29, 1.82) is 5.26 Å². The Hall–Kier alpha value is -2.52. The van der Waals surface area contributed by atoms with Gasteiger partial charge in [-0.25, -0.2) is 0 Å². The van der Waals surface area contributed by atoms with Crippen molar-refractivity contribution in [3.63, 3.8) is 0 Å². The van der Waals surface area contributed by atoms with Crippen LogP contribution >= 0.6 is 11.3 Å². The lowest BCUT2D eigenvalue weighted by molar-refractivity contribution is -0.144. The van der Waals surface area contributed by atoms with Gasteiger partial charge in [-0.05, 0) is 35.7 Å². The molecule has 3 rings (SSSR count). The molecule has 0 aliphatic carbocycles. The van der Waals surface area contributed by atoms with Gasteiger partial charge in [-0.15, -0.1) is 11.3 Å². The first-order valence-electron chi connectivity index (χ1n) is 7.59. The molecular formula is C18H18N2O3S. The smallest absolute Gasteiger partial charge is 0.310 e. The lowest BCUT2D eigenvalue weighted by atomic mass is 9.91. The summed E-state index contributed by atoms with van der Waals surface area (Å²) in [5.41, 5.74) is 0.0267. The fourth-order valence-corrected chi connectivity index (χ4v) is 4.12. The second kappa shape index (κ2) is 6.54. The van der Waals surface area contributed by atoms with E-state index in [4.69, 9.17) is 9.47 Å². The second-order valence-electron chi connectivity index (χ2n) is 5.68. The van der Waals surface area contributed by atoms with Gasteiger partial charge in [0.2, 0.25) is 0 Å². The molecule has 24 heavy (non-hydrogen) atoms. The molecule has 124 valence electrons. The quantitative estimate of drug-likeness (QED) is 0.799. The molecule has 1 aromatic carbocycles. The Labute approximate surface area is 145 Å². The van der Waals surface area contributed by atoms with Gasteiger partial charge in [0.25, 0.3) is 0 Å². The summed E-state index contributed by atoms with van der Waals surface area (Å²) in [6.07, 6.45) is 0.419. The van der Waals surface area contributed by atoms with Crippen molar-refractivity contribution >= 4 is 23.0 Å². The number of nitrogens with zero attached hydrogens (tertiary/aromatic N) is 2. The zero-order chi connectivity index (χ0) is 17.2. The third-order valence-corrected chi connectivity index (χ3v) is 5.46. The number of carbonyl (C=O) groups excluding carboxylic acids is 1. The van der Waals surface area contributed by atoms with Crippen molar-refractivity contribution in [2.24, 2.45) is 5.92 Å². The average molecular weight is 342 g/mol. The summed E-state index contributed by atoms with van der Waals surface area (Å²) in [4.78, 5) is 15.0. The normalized spacial score (nSPS) is 22.9. The molecule has 0 radical (unpaired) electrons. The van der Waals surface area contributed by atoms with Crippen LogP contribution in [0.4, 0.5) is 5.69 Å². The molecule has 1 aliphatic heterocycles. The molecule has 2 unspecified atom stereocenters. The van der Waals surface area contributed by atoms with Crippen LogP contribution < -0.4 is 9.64 Å². The second-order valence-corrected chi connectivity index (χ2v) is 6.63. The fraction of sp³-hybridized carbons (Fsp3) is 0.333. The van der Waals surface area contributed by atoms with Gasteiger partial charge >= 0.3 is 5.97 Å². The summed E-state index contributed by atoms with van der Waals surface area (Å²) in [5.74, 6) is 0.141. The Morgan fingerprint density at radius 3 is 2.62 bits per heavy atom. The van der Waals surface area contributed by atoms with Crippen LogP contribution in [-0.2, 0) is 15.1 Å². The van der Waals surface area contributed by atoms with Crippen LogP contribution in [0.2, 0.25) is 0 Å². The maximum atomic E-state index is 12.1. The van der Waals surface area contributed by atoms with Gasteiger partial charge < -0.3 is 14.4 Å². The first-order valence-corrected chi connectivity index (χ1v) is 8.47. The molecule has 0 saturated carbocycles. The lowest BCUT2D eigenvalue weighted by Gasteiger charge is -2.33. The van der Waals surface area contributed by atoms with Crippen molar-refractivity contribution in [2.75, 3.05) is 25.7 Å². The van der Waals surface area contributed by atoms with Gasteiger partial charge in [0.15, 0.2) is 5.54 Å². The zero-order valence-electron chi connectivity index (χ0n) is 13.6. The van der Waals surface area contributed by atoms with Crippen molar-refractivity contribution < 1.29 is 14.3 Å². The van der Waals surface area contributed by atoms with Crippen molar-refractivity contribution in [3.05, 3.63) is 46.7 Å². The summed E-state index contributed by atoms with van der Waals surface area (Å²) < 4.78 is 10.1. The molecule has 0 bridgehead atoms. The molecule has 2 heterocycles. The van der Waals surface area contributed by atoms with Crippen LogP contribution in [0.1, 0.15) is 11.3 Å². The third-order valence-electron chi connectivity index (χ3n) is 4.44. The number of methoxy groups -OCH3 is 2. The van der Waals surface area contributed by atoms with E-state index in [1.54, 1.807) is 7.11 Å². The lowest BCUT2D eigenvalue weighted by Crippen LogP contribution is -2.39. The van der Waals surface area contributed by atoms with Crippen molar-refractivity contribution in [2.45, 2.75) is 12.0 Å². The van der Waals surface area contributed by atoms with Gasteiger partial charge in [-0.1, -0.05) is 6.07 Å². The predicted octanol–water partition coefficient (Wildman–Crippen LogP) is 3.18. The SMILES string of the molecule is COC(=O)C1CN(c2ccc(OC)cc2)C(C#N)(c2cccs2)C1. The highest BCUT2D eigenvalue weighted by Crippen LogP contribution is 2.46. The minimum atomic E-state index is -0.860. The van der Waals surface area contributed by atoms with Crippen LogP contribution in [0.3, 0.4) is 0 Å². The standard InChI is InChI=1S/C18H18N2O3S/c1-22-15-7-5-14(6-8-15)20-11-13(17(21)23-2)10-18(20,12-19)16-4-3-9-24-16/h3-9,13H,10-11H2,1-2H3. The van der Waals surface area contributed by atoms with E-state index in [-0.39, 0.29) is 11.9 Å². The maximum absolute atomic E-state index is 12.1. The molecule has 0 spiro atoms. The van der Waals surface area contributed by atoms with Gasteiger partial charge in [0, 0.05) is 23.5 Å². The van der Waals surface area contributed by atoms with Gasteiger partial charge in [-0.2, -0.15) is 5.26 Å². The molecule has 6 heteroatoms. The number of benzene rings is 1. The number of hydrogen-bond donors (Lipinski definition) is 0. The first-order chi connectivity index (χ1) is 11.6. The van der Waals surface area contributed by atoms with E-state index in [9.17, 15) is 10.1 Å². The van der Waals surface area contributed by atoms with Crippen molar-refractivity contribution in [3.8, 4) is 11.8 Å². The highest BCUT2D eigenvalue weighted by Gasteiger charge is 2.50. The van der Waals surface area contributed by atoms with Crippen LogP contribution in [0, 0.1) is 17.2 Å². The Morgan fingerprint density at radius 1 is 1.33 bits per heavy atom. The zero-order valence-corrected chi connectivity index (χ0v) is 14.4. The van der Waals surface area contributed by atoms with E-state index < -0.39 is 5.54 Å². The number of hydrogen-bond acceptors (Lipinski definition) is 6. The molecule has 1 saturated heterocycles. The van der Waals surface area contributed by atoms with Crippen LogP contribution in [0.15, 0.2) is 41.8 Å². The number of esters is 1. The molecule has 0 N–H and O–H groups in total. The highest BCUT2D eigenvalue weighted by atomic mass is 32.1. The van der Waals surface area contributed by atoms with Crippen LogP contribution in [-0.4, -0.2) is 26.7 Å². The Morgan fingerprint density at radius 2 is 2.08 bits per heavy atom. The number of nitriles is 1. The average Bonchev–Trinajstić information content (AvgIpc) is 3.29. The van der Waals surface area contributed by atoms with Crippen molar-refractivity contribution in [1.82, 2.24) is 0 Å². The minimum Gasteiger partial charge on any atom is -0.497 e. The Kier molecular flexibility index (Phi) is 4.45. The molecule has 2 atom stereocenters. The number of ether oxygens (including phenoxy) is 2. The molecule has 1 aromatic heterocycles. The number of rotatable bonds is 4. The van der Waals surface area contributed by atoms with E-state index in [1.165, 1.54) is 18.4 Å². The van der Waals surface area contributed by atoms with E-state index in [1.807, 2.05) is 46.7 Å². The molecule has 2 aromatic rings. The molecule has 1 aliphatic rings. The summed E-state index contributed by atoms with van der Waals surface area (Å²) in [7, 11) is 3.00. The monoisotopic (exact) mass is 342 g/mol. The van der Waals surface area contributed by atoms with E-state index in [0.29, 0.717) is 13.0 Å². The fourth-order valence-electron chi connectivity index (χ4n) is 3.23. The van der Waals surface area contributed by atoms with Crippen LogP contribution in [0.25, 0.3) is 0 Å². The highest BCUT2D eigenvalue weighted by molar-refractivity contribution is 7.10. The van der Waals surface area contributed by atoms with E-state index in [0.717, 1.165) is 16.3 Å². The number of carbonyl (C=O) groups is 1. The number of anilines is 1. The topological polar surface area (TPSA) is 62.6 Å².